The molecule has 0 aliphatic carbocycles. The number of aliphatic imine (C=N–C) groups is 1. The fourth-order valence-corrected chi connectivity index (χ4v) is 1.81. The lowest BCUT2D eigenvalue weighted by Crippen LogP contribution is -2.15. The number of amidine groups is 1. The van der Waals surface area contributed by atoms with E-state index in [9.17, 15) is 0 Å². The minimum absolute atomic E-state index is 0.372. The van der Waals surface area contributed by atoms with Gasteiger partial charge in [-0.25, -0.2) is 4.99 Å². The van der Waals surface area contributed by atoms with Crippen molar-refractivity contribution in [1.82, 2.24) is 4.98 Å². The third kappa shape index (κ3) is 2.49. The Morgan fingerprint density at radius 2 is 1.95 bits per heavy atom. The molecule has 5 nitrogen and oxygen atoms in total. The maximum absolute atomic E-state index is 5.92. The van der Waals surface area contributed by atoms with Gasteiger partial charge in [-0.3, -0.25) is 4.98 Å². The highest BCUT2D eigenvalue weighted by Crippen LogP contribution is 2.33. The molecular weight excluding hydrogens is 242 g/mol. The number of aromatic nitrogens is 1. The molecule has 5 heteroatoms. The summed E-state index contributed by atoms with van der Waals surface area (Å²) in [6.45, 7) is 1.13. The predicted octanol–water partition coefficient (Wildman–Crippen LogP) is 1.89. The Labute approximate surface area is 110 Å². The molecule has 0 unspecified atom stereocenters. The van der Waals surface area contributed by atoms with Crippen LogP contribution in [0.5, 0.6) is 11.5 Å². The summed E-state index contributed by atoms with van der Waals surface area (Å²) in [5.41, 5.74) is 7.28. The molecule has 2 heterocycles. The van der Waals surface area contributed by atoms with Crippen LogP contribution in [0.15, 0.2) is 47.6 Å². The van der Waals surface area contributed by atoms with Crippen molar-refractivity contribution in [1.29, 1.82) is 0 Å². The summed E-state index contributed by atoms with van der Waals surface area (Å²) >= 11 is 0. The van der Waals surface area contributed by atoms with Crippen molar-refractivity contribution in [3.63, 3.8) is 0 Å². The zero-order valence-corrected chi connectivity index (χ0v) is 10.2. The van der Waals surface area contributed by atoms with Gasteiger partial charge in [-0.1, -0.05) is 6.07 Å². The van der Waals surface area contributed by atoms with E-state index in [4.69, 9.17) is 15.2 Å². The van der Waals surface area contributed by atoms with Gasteiger partial charge in [-0.15, -0.1) is 0 Å². The van der Waals surface area contributed by atoms with E-state index in [1.54, 1.807) is 6.20 Å². The van der Waals surface area contributed by atoms with Gasteiger partial charge in [0.05, 0.1) is 5.69 Å². The molecule has 19 heavy (non-hydrogen) atoms. The third-order valence-corrected chi connectivity index (χ3v) is 2.70. The summed E-state index contributed by atoms with van der Waals surface area (Å²) in [5, 5.41) is 0. The Balaban J connectivity index is 1.91. The van der Waals surface area contributed by atoms with Crippen molar-refractivity contribution >= 4 is 11.5 Å². The molecule has 0 atom stereocenters. The molecule has 0 spiro atoms. The second kappa shape index (κ2) is 4.97. The molecule has 96 valence electrons. The summed E-state index contributed by atoms with van der Waals surface area (Å²) in [6, 6.07) is 11.0. The SMILES string of the molecule is NC(=Nc1ccc2c(c1)OCCO2)c1ccccn1. The summed E-state index contributed by atoms with van der Waals surface area (Å²) < 4.78 is 11.0. The third-order valence-electron chi connectivity index (χ3n) is 2.70. The van der Waals surface area contributed by atoms with E-state index in [0.717, 1.165) is 5.75 Å². The molecule has 0 amide bonds. The van der Waals surface area contributed by atoms with Crippen LogP contribution in [-0.4, -0.2) is 24.0 Å². The summed E-state index contributed by atoms with van der Waals surface area (Å²) in [7, 11) is 0. The van der Waals surface area contributed by atoms with Gasteiger partial charge in [0.25, 0.3) is 0 Å². The minimum Gasteiger partial charge on any atom is -0.486 e. The highest BCUT2D eigenvalue weighted by Gasteiger charge is 2.11. The molecule has 0 fully saturated rings. The summed E-state index contributed by atoms with van der Waals surface area (Å²) in [5.74, 6) is 1.81. The maximum atomic E-state index is 5.92. The number of benzene rings is 1. The fourth-order valence-electron chi connectivity index (χ4n) is 1.81. The number of hydrogen-bond donors (Lipinski definition) is 1. The first-order valence-electron chi connectivity index (χ1n) is 5.98. The number of fused-ring (bicyclic) bond motifs is 1. The Kier molecular flexibility index (Phi) is 3.02. The molecule has 0 radical (unpaired) electrons. The summed E-state index contributed by atoms with van der Waals surface area (Å²) in [6.07, 6.45) is 1.68. The van der Waals surface area contributed by atoms with E-state index in [-0.39, 0.29) is 0 Å². The van der Waals surface area contributed by atoms with Crippen LogP contribution in [0.3, 0.4) is 0 Å². The molecular formula is C14H13N3O2. The largest absolute Gasteiger partial charge is 0.486 e. The van der Waals surface area contributed by atoms with Gasteiger partial charge in [-0.05, 0) is 24.3 Å². The van der Waals surface area contributed by atoms with E-state index in [1.807, 2.05) is 36.4 Å². The zero-order chi connectivity index (χ0) is 13.1. The van der Waals surface area contributed by atoms with Gasteiger partial charge in [-0.2, -0.15) is 0 Å². The number of ether oxygens (including phenoxy) is 2. The quantitative estimate of drug-likeness (QED) is 0.657. The van der Waals surface area contributed by atoms with E-state index >= 15 is 0 Å². The number of nitrogens with two attached hydrogens (primary N) is 1. The number of hydrogen-bond acceptors (Lipinski definition) is 4. The lowest BCUT2D eigenvalue weighted by atomic mass is 10.2. The monoisotopic (exact) mass is 255 g/mol. The van der Waals surface area contributed by atoms with Gasteiger partial charge < -0.3 is 15.2 Å². The highest BCUT2D eigenvalue weighted by atomic mass is 16.6. The lowest BCUT2D eigenvalue weighted by molar-refractivity contribution is 0.171. The highest BCUT2D eigenvalue weighted by molar-refractivity contribution is 5.97. The molecule has 0 bridgehead atoms. The van der Waals surface area contributed by atoms with Crippen molar-refractivity contribution in [2.45, 2.75) is 0 Å². The molecule has 1 aliphatic heterocycles. The molecule has 1 aromatic heterocycles. The van der Waals surface area contributed by atoms with Crippen molar-refractivity contribution in [2.24, 2.45) is 10.7 Å². The standard InChI is InChI=1S/C14H13N3O2/c15-14(11-3-1-2-6-16-11)17-10-4-5-12-13(9-10)19-8-7-18-12/h1-6,9H,7-8H2,(H2,15,17). The molecule has 1 aromatic carbocycles. The summed E-state index contributed by atoms with van der Waals surface area (Å²) in [4.78, 5) is 8.48. The van der Waals surface area contributed by atoms with Crippen LogP contribution in [0.25, 0.3) is 0 Å². The van der Waals surface area contributed by atoms with Crippen LogP contribution in [0.2, 0.25) is 0 Å². The van der Waals surface area contributed by atoms with Gasteiger partial charge in [0.1, 0.15) is 24.7 Å². The second-order valence-electron chi connectivity index (χ2n) is 4.04. The second-order valence-corrected chi connectivity index (χ2v) is 4.04. The smallest absolute Gasteiger partial charge is 0.163 e. The topological polar surface area (TPSA) is 69.7 Å². The fraction of sp³-hybridized carbons (Fsp3) is 0.143. The van der Waals surface area contributed by atoms with Gasteiger partial charge in [0.15, 0.2) is 11.5 Å². The average Bonchev–Trinajstić information content (AvgIpc) is 2.48. The first kappa shape index (κ1) is 11.5. The van der Waals surface area contributed by atoms with Gasteiger partial charge in [0, 0.05) is 12.3 Å². The van der Waals surface area contributed by atoms with Crippen LogP contribution in [0.1, 0.15) is 5.69 Å². The number of nitrogens with zero attached hydrogens (tertiary/aromatic N) is 2. The number of rotatable bonds is 2. The van der Waals surface area contributed by atoms with Gasteiger partial charge in [0.2, 0.25) is 0 Å². The molecule has 0 saturated heterocycles. The van der Waals surface area contributed by atoms with Crippen LogP contribution in [0.4, 0.5) is 5.69 Å². The normalized spacial score (nSPS) is 14.2. The van der Waals surface area contributed by atoms with Crippen molar-refractivity contribution < 1.29 is 9.47 Å². The minimum atomic E-state index is 0.372. The van der Waals surface area contributed by atoms with Crippen molar-refractivity contribution in [3.05, 3.63) is 48.3 Å². The van der Waals surface area contributed by atoms with Crippen LogP contribution in [-0.2, 0) is 0 Å². The van der Waals surface area contributed by atoms with Gasteiger partial charge >= 0.3 is 0 Å². The Bertz CT molecular complexity index is 611. The van der Waals surface area contributed by atoms with Crippen LogP contribution >= 0.6 is 0 Å². The molecule has 2 N–H and O–H groups in total. The molecule has 0 saturated carbocycles. The van der Waals surface area contributed by atoms with Crippen molar-refractivity contribution in [2.75, 3.05) is 13.2 Å². The van der Waals surface area contributed by atoms with Crippen LogP contribution in [0, 0.1) is 0 Å². The maximum Gasteiger partial charge on any atom is 0.163 e. The molecule has 2 aromatic rings. The van der Waals surface area contributed by atoms with Crippen molar-refractivity contribution in [3.8, 4) is 11.5 Å². The molecule has 1 aliphatic rings. The lowest BCUT2D eigenvalue weighted by Gasteiger charge is -2.18. The Hall–Kier alpha value is -2.56. The first-order chi connectivity index (χ1) is 9.33. The molecule has 3 rings (SSSR count). The van der Waals surface area contributed by atoms with E-state index in [1.165, 1.54) is 0 Å². The zero-order valence-electron chi connectivity index (χ0n) is 10.2. The average molecular weight is 255 g/mol. The first-order valence-corrected chi connectivity index (χ1v) is 5.98. The van der Waals surface area contributed by atoms with E-state index in [2.05, 4.69) is 9.98 Å². The Morgan fingerprint density at radius 1 is 1.11 bits per heavy atom. The number of pyridine rings is 1. The van der Waals surface area contributed by atoms with E-state index in [0.29, 0.717) is 36.2 Å². The van der Waals surface area contributed by atoms with Crippen LogP contribution < -0.4 is 15.2 Å². The predicted molar refractivity (Wildman–Crippen MR) is 72.1 cm³/mol. The van der Waals surface area contributed by atoms with E-state index < -0.39 is 0 Å². The Morgan fingerprint density at radius 3 is 2.74 bits per heavy atom.